The number of hydrogen-bond donors (Lipinski definition) is 0. The third-order valence-corrected chi connectivity index (χ3v) is 19.5. The molecule has 0 saturated heterocycles. The third-order valence-electron chi connectivity index (χ3n) is 14.9. The first-order chi connectivity index (χ1) is 20.5. The molecule has 0 aromatic heterocycles. The standard InChI is InChI=1S/C41H71NOSi/c1-28(2)15-13-16-29(3)35-19-20-36-34-27-33(30-17-14-18-31(25-30)42(9)10)38-26-32(43-44(11,12)39(4,5)6)21-23-41(38,8)37(34)22-24-40(35,36)7/h14,17-18,25,28-29,32-38H,13,15-16,19-24,26-27H2,1-12H3/t29-,32-,33-,34+,35-,36+,37+,38-,40-,41-/m1/s1. The van der Waals surface area contributed by atoms with Crippen molar-refractivity contribution >= 4 is 14.0 Å². The predicted molar refractivity (Wildman–Crippen MR) is 194 cm³/mol. The molecular formula is C41H71NOSi. The second-order valence-electron chi connectivity index (χ2n) is 19.1. The molecule has 0 heterocycles. The van der Waals surface area contributed by atoms with Gasteiger partial charge in [0, 0.05) is 25.9 Å². The Morgan fingerprint density at radius 1 is 0.886 bits per heavy atom. The van der Waals surface area contributed by atoms with E-state index in [1.54, 1.807) is 5.56 Å². The zero-order valence-electron chi connectivity index (χ0n) is 31.1. The molecule has 250 valence electrons. The van der Waals surface area contributed by atoms with Crippen molar-refractivity contribution in [3.05, 3.63) is 29.8 Å². The first-order valence-corrected chi connectivity index (χ1v) is 21.8. The summed E-state index contributed by atoms with van der Waals surface area (Å²) < 4.78 is 7.22. The largest absolute Gasteiger partial charge is 0.414 e. The van der Waals surface area contributed by atoms with Gasteiger partial charge in [0.2, 0.25) is 0 Å². The normalized spacial score (nSPS) is 38.2. The second-order valence-corrected chi connectivity index (χ2v) is 23.9. The molecule has 2 nitrogen and oxygen atoms in total. The summed E-state index contributed by atoms with van der Waals surface area (Å²) in [7, 11) is 2.61. The molecule has 0 N–H and O–H groups in total. The SMILES string of the molecule is CC(C)CCC[C@@H](C)[C@H]1CC[C@H]2[C@@H]3C[C@H](c4cccc(N(C)C)c4)[C@H]4C[C@H](O[Si](C)(C)C(C)(C)C)CC[C@]4(C)[C@H]3CC[C@]12C. The molecule has 4 aliphatic carbocycles. The maximum atomic E-state index is 7.22. The van der Waals surface area contributed by atoms with E-state index in [2.05, 4.69) is 112 Å². The van der Waals surface area contributed by atoms with Gasteiger partial charge in [0.15, 0.2) is 8.32 Å². The molecule has 0 unspecified atom stereocenters. The summed E-state index contributed by atoms with van der Waals surface area (Å²) in [6.07, 6.45) is 15.9. The molecule has 0 bridgehead atoms. The molecule has 5 rings (SSSR count). The zero-order chi connectivity index (χ0) is 32.2. The lowest BCUT2D eigenvalue weighted by atomic mass is 9.42. The van der Waals surface area contributed by atoms with E-state index in [9.17, 15) is 0 Å². The first kappa shape index (κ1) is 34.5. The molecule has 4 saturated carbocycles. The van der Waals surface area contributed by atoms with Gasteiger partial charge in [-0.25, -0.2) is 0 Å². The summed E-state index contributed by atoms with van der Waals surface area (Å²) in [6.45, 7) is 25.1. The van der Waals surface area contributed by atoms with Crippen LogP contribution in [0.2, 0.25) is 18.1 Å². The van der Waals surface area contributed by atoms with E-state index >= 15 is 0 Å². The van der Waals surface area contributed by atoms with Gasteiger partial charge in [-0.3, -0.25) is 0 Å². The fourth-order valence-corrected chi connectivity index (χ4v) is 12.8. The fraction of sp³-hybridized carbons (Fsp3) is 0.854. The quantitative estimate of drug-likeness (QED) is 0.254. The van der Waals surface area contributed by atoms with E-state index in [4.69, 9.17) is 4.43 Å². The van der Waals surface area contributed by atoms with Crippen LogP contribution in [0.3, 0.4) is 0 Å². The summed E-state index contributed by atoms with van der Waals surface area (Å²) in [5, 5.41) is 0.267. The Morgan fingerprint density at radius 3 is 2.23 bits per heavy atom. The van der Waals surface area contributed by atoms with Gasteiger partial charge in [-0.1, -0.05) is 86.8 Å². The molecule has 4 aliphatic rings. The highest BCUT2D eigenvalue weighted by atomic mass is 28.4. The molecule has 44 heavy (non-hydrogen) atoms. The van der Waals surface area contributed by atoms with Gasteiger partial charge < -0.3 is 9.33 Å². The lowest BCUT2D eigenvalue weighted by Crippen LogP contribution is -2.57. The predicted octanol–water partition coefficient (Wildman–Crippen LogP) is 12.0. The smallest absolute Gasteiger partial charge is 0.192 e. The van der Waals surface area contributed by atoms with Crippen molar-refractivity contribution in [3.63, 3.8) is 0 Å². The summed E-state index contributed by atoms with van der Waals surface area (Å²) in [4.78, 5) is 2.30. The van der Waals surface area contributed by atoms with Crippen LogP contribution >= 0.6 is 0 Å². The van der Waals surface area contributed by atoms with E-state index in [0.29, 0.717) is 22.9 Å². The Hall–Kier alpha value is -0.803. The van der Waals surface area contributed by atoms with Crippen LogP contribution in [0.4, 0.5) is 5.69 Å². The number of nitrogens with zero attached hydrogens (tertiary/aromatic N) is 1. The van der Waals surface area contributed by atoms with Crippen LogP contribution in [0, 0.1) is 52.3 Å². The summed E-state index contributed by atoms with van der Waals surface area (Å²) in [5.74, 6) is 6.70. The average Bonchev–Trinajstić information content (AvgIpc) is 3.29. The molecule has 0 spiro atoms. The average molecular weight is 622 g/mol. The number of benzene rings is 1. The number of rotatable bonds is 9. The van der Waals surface area contributed by atoms with Crippen LogP contribution < -0.4 is 4.90 Å². The van der Waals surface area contributed by atoms with Crippen LogP contribution in [0.25, 0.3) is 0 Å². The van der Waals surface area contributed by atoms with Gasteiger partial charge in [-0.2, -0.15) is 0 Å². The highest BCUT2D eigenvalue weighted by Gasteiger charge is 2.63. The molecule has 4 fully saturated rings. The molecule has 1 aromatic rings. The molecule has 10 atom stereocenters. The first-order valence-electron chi connectivity index (χ1n) is 18.9. The Bertz CT molecular complexity index is 1120. The number of hydrogen-bond acceptors (Lipinski definition) is 2. The Balaban J connectivity index is 1.45. The van der Waals surface area contributed by atoms with Crippen LogP contribution in [0.15, 0.2) is 24.3 Å². The van der Waals surface area contributed by atoms with Gasteiger partial charge in [0.1, 0.15) is 0 Å². The molecule has 1 aromatic carbocycles. The van der Waals surface area contributed by atoms with Crippen molar-refractivity contribution in [3.8, 4) is 0 Å². The lowest BCUT2D eigenvalue weighted by molar-refractivity contribution is -0.136. The van der Waals surface area contributed by atoms with Gasteiger partial charge in [0.05, 0.1) is 0 Å². The van der Waals surface area contributed by atoms with Gasteiger partial charge >= 0.3 is 0 Å². The monoisotopic (exact) mass is 622 g/mol. The molecule has 0 amide bonds. The number of anilines is 1. The van der Waals surface area contributed by atoms with E-state index in [1.165, 1.54) is 76.3 Å². The maximum Gasteiger partial charge on any atom is 0.192 e. The highest BCUT2D eigenvalue weighted by Crippen LogP contribution is 2.70. The number of fused-ring (bicyclic) bond motifs is 5. The van der Waals surface area contributed by atoms with Crippen molar-refractivity contribution in [1.82, 2.24) is 0 Å². The Kier molecular flexibility index (Phi) is 9.94. The van der Waals surface area contributed by atoms with Crippen molar-refractivity contribution in [2.75, 3.05) is 19.0 Å². The van der Waals surface area contributed by atoms with Crippen LogP contribution in [0.5, 0.6) is 0 Å². The summed E-state index contributed by atoms with van der Waals surface area (Å²) in [5.41, 5.74) is 3.95. The minimum Gasteiger partial charge on any atom is -0.414 e. The maximum absolute atomic E-state index is 7.22. The fourth-order valence-electron chi connectivity index (χ4n) is 11.4. The van der Waals surface area contributed by atoms with E-state index in [1.807, 2.05) is 0 Å². The van der Waals surface area contributed by atoms with Crippen molar-refractivity contribution in [2.24, 2.45) is 52.3 Å². The molecule has 3 heteroatoms. The van der Waals surface area contributed by atoms with E-state index in [0.717, 1.165) is 41.4 Å². The van der Waals surface area contributed by atoms with Gasteiger partial charge in [-0.05, 0) is 145 Å². The third kappa shape index (κ3) is 6.37. The van der Waals surface area contributed by atoms with Gasteiger partial charge in [-0.15, -0.1) is 0 Å². The molecule has 0 radical (unpaired) electrons. The van der Waals surface area contributed by atoms with Crippen LogP contribution in [-0.2, 0) is 4.43 Å². The van der Waals surface area contributed by atoms with Crippen LogP contribution in [-0.4, -0.2) is 28.5 Å². The lowest BCUT2D eigenvalue weighted by Gasteiger charge is -2.64. The minimum absolute atomic E-state index is 0.267. The summed E-state index contributed by atoms with van der Waals surface area (Å²) >= 11 is 0. The Labute approximate surface area is 275 Å². The minimum atomic E-state index is -1.80. The highest BCUT2D eigenvalue weighted by molar-refractivity contribution is 6.74. The Morgan fingerprint density at radius 2 is 1.57 bits per heavy atom. The van der Waals surface area contributed by atoms with Gasteiger partial charge in [0.25, 0.3) is 0 Å². The van der Waals surface area contributed by atoms with Crippen molar-refractivity contribution in [1.29, 1.82) is 0 Å². The van der Waals surface area contributed by atoms with Crippen molar-refractivity contribution in [2.45, 2.75) is 156 Å². The van der Waals surface area contributed by atoms with E-state index < -0.39 is 8.32 Å². The molecular weight excluding hydrogens is 551 g/mol. The zero-order valence-corrected chi connectivity index (χ0v) is 32.1. The van der Waals surface area contributed by atoms with Crippen molar-refractivity contribution < 1.29 is 4.43 Å². The molecule has 0 aliphatic heterocycles. The second kappa shape index (κ2) is 12.7. The van der Waals surface area contributed by atoms with Crippen LogP contribution in [0.1, 0.15) is 138 Å². The summed E-state index contributed by atoms with van der Waals surface area (Å²) in [6, 6.07) is 9.70. The van der Waals surface area contributed by atoms with E-state index in [-0.39, 0.29) is 5.04 Å². The topological polar surface area (TPSA) is 12.5 Å².